The quantitative estimate of drug-likeness (QED) is 0.222. The van der Waals surface area contributed by atoms with Crippen LogP contribution in [0.1, 0.15) is 26.2 Å². The smallest absolute Gasteiger partial charge is 0.322 e. The zero-order valence-electron chi connectivity index (χ0n) is 13.1. The van der Waals surface area contributed by atoms with Gasteiger partial charge in [-0.05, 0) is 32.7 Å². The Labute approximate surface area is 134 Å². The maximum absolute atomic E-state index is 12.0. The van der Waals surface area contributed by atoms with Crippen molar-refractivity contribution in [3.8, 4) is 0 Å². The molecule has 23 heavy (non-hydrogen) atoms. The monoisotopic (exact) mass is 331 g/mol. The molecule has 132 valence electrons. The van der Waals surface area contributed by atoms with E-state index in [0.717, 1.165) is 0 Å². The molecule has 2 unspecified atom stereocenters. The predicted octanol–water partition coefficient (Wildman–Crippen LogP) is -2.74. The fourth-order valence-electron chi connectivity index (χ4n) is 1.71. The lowest BCUT2D eigenvalue weighted by Crippen LogP contribution is -2.53. The van der Waals surface area contributed by atoms with Gasteiger partial charge in [0.25, 0.3) is 0 Å². The summed E-state index contributed by atoms with van der Waals surface area (Å²) in [7, 11) is 0. The number of nitrogens with two attached hydrogens (primary N) is 2. The van der Waals surface area contributed by atoms with Crippen molar-refractivity contribution in [3.05, 3.63) is 0 Å². The van der Waals surface area contributed by atoms with Crippen molar-refractivity contribution < 1.29 is 24.3 Å². The van der Waals surface area contributed by atoms with Crippen LogP contribution < -0.4 is 27.4 Å². The van der Waals surface area contributed by atoms with Gasteiger partial charge in [-0.3, -0.25) is 19.2 Å². The highest BCUT2D eigenvalue weighted by atomic mass is 16.4. The molecule has 0 aliphatic heterocycles. The normalized spacial score (nSPS) is 12.8. The summed E-state index contributed by atoms with van der Waals surface area (Å²) in [5.41, 5.74) is 10.5. The van der Waals surface area contributed by atoms with Crippen LogP contribution in [-0.4, -0.2) is 60.5 Å². The van der Waals surface area contributed by atoms with E-state index >= 15 is 0 Å². The summed E-state index contributed by atoms with van der Waals surface area (Å²) >= 11 is 0. The first-order chi connectivity index (χ1) is 10.8. The molecule has 2 atom stereocenters. The van der Waals surface area contributed by atoms with Crippen LogP contribution in [0.2, 0.25) is 0 Å². The first kappa shape index (κ1) is 20.8. The van der Waals surface area contributed by atoms with Gasteiger partial charge in [0.1, 0.15) is 18.6 Å². The first-order valence-electron chi connectivity index (χ1n) is 7.31. The summed E-state index contributed by atoms with van der Waals surface area (Å²) in [4.78, 5) is 45.6. The van der Waals surface area contributed by atoms with Gasteiger partial charge in [0.2, 0.25) is 17.7 Å². The van der Waals surface area contributed by atoms with E-state index < -0.39 is 42.3 Å². The first-order valence-corrected chi connectivity index (χ1v) is 7.31. The topological polar surface area (TPSA) is 177 Å². The average molecular weight is 331 g/mol. The molecule has 0 heterocycles. The summed E-state index contributed by atoms with van der Waals surface area (Å²) < 4.78 is 0. The molecule has 8 N–H and O–H groups in total. The highest BCUT2D eigenvalue weighted by molar-refractivity contribution is 5.92. The number of aliphatic carboxylic acids is 1. The SMILES string of the molecule is CC(NC(=O)CN)C(=O)NC(CCCCN)C(=O)NCC(=O)O. The van der Waals surface area contributed by atoms with Gasteiger partial charge in [-0.1, -0.05) is 0 Å². The van der Waals surface area contributed by atoms with Crippen molar-refractivity contribution in [1.29, 1.82) is 0 Å². The van der Waals surface area contributed by atoms with Gasteiger partial charge in [-0.2, -0.15) is 0 Å². The number of nitrogens with one attached hydrogen (secondary N) is 3. The van der Waals surface area contributed by atoms with E-state index in [0.29, 0.717) is 25.8 Å². The fourth-order valence-corrected chi connectivity index (χ4v) is 1.71. The number of carbonyl (C=O) groups is 4. The predicted molar refractivity (Wildman–Crippen MR) is 82.1 cm³/mol. The molecule has 0 aromatic carbocycles. The molecule has 0 aliphatic carbocycles. The fraction of sp³-hybridized carbons (Fsp3) is 0.692. The molecule has 0 radical (unpaired) electrons. The van der Waals surface area contributed by atoms with Crippen LogP contribution in [0.3, 0.4) is 0 Å². The summed E-state index contributed by atoms with van der Waals surface area (Å²) in [6.45, 7) is 1.10. The molecule has 3 amide bonds. The third kappa shape index (κ3) is 9.42. The number of hydrogen-bond acceptors (Lipinski definition) is 6. The number of unbranched alkanes of at least 4 members (excludes halogenated alkanes) is 1. The van der Waals surface area contributed by atoms with E-state index in [1.807, 2.05) is 0 Å². The molecule has 0 bridgehead atoms. The van der Waals surface area contributed by atoms with Crippen LogP contribution in [0.15, 0.2) is 0 Å². The molecule has 0 aliphatic rings. The van der Waals surface area contributed by atoms with Crippen molar-refractivity contribution in [2.75, 3.05) is 19.6 Å². The largest absolute Gasteiger partial charge is 0.480 e. The van der Waals surface area contributed by atoms with Crippen molar-refractivity contribution in [2.24, 2.45) is 11.5 Å². The summed E-state index contributed by atoms with van der Waals surface area (Å²) in [5, 5.41) is 15.6. The van der Waals surface area contributed by atoms with Crippen LogP contribution in [0, 0.1) is 0 Å². The number of hydrogen-bond donors (Lipinski definition) is 6. The second kappa shape index (κ2) is 11.4. The van der Waals surface area contributed by atoms with Crippen molar-refractivity contribution in [2.45, 2.75) is 38.3 Å². The van der Waals surface area contributed by atoms with E-state index in [-0.39, 0.29) is 6.54 Å². The Morgan fingerprint density at radius 1 is 1.04 bits per heavy atom. The maximum Gasteiger partial charge on any atom is 0.322 e. The second-order valence-electron chi connectivity index (χ2n) is 4.95. The highest BCUT2D eigenvalue weighted by Gasteiger charge is 2.24. The standard InChI is InChI=1S/C13H25N5O5/c1-8(17-10(19)6-15)12(22)18-9(4-2-3-5-14)13(23)16-7-11(20)21/h8-9H,2-7,14-15H2,1H3,(H,16,23)(H,17,19)(H,18,22)(H,20,21). The van der Waals surface area contributed by atoms with Crippen LogP contribution in [0.25, 0.3) is 0 Å². The number of rotatable bonds is 11. The lowest BCUT2D eigenvalue weighted by Gasteiger charge is -2.21. The molecule has 0 aromatic rings. The van der Waals surface area contributed by atoms with Crippen LogP contribution in [0.5, 0.6) is 0 Å². The molecule has 10 heteroatoms. The van der Waals surface area contributed by atoms with E-state index in [1.54, 1.807) is 0 Å². The number of carboxylic acids is 1. The third-order valence-corrected chi connectivity index (χ3v) is 2.95. The van der Waals surface area contributed by atoms with Gasteiger partial charge in [0, 0.05) is 0 Å². The molecule has 0 fully saturated rings. The van der Waals surface area contributed by atoms with Gasteiger partial charge in [0.05, 0.1) is 6.54 Å². The zero-order valence-corrected chi connectivity index (χ0v) is 13.1. The minimum absolute atomic E-state index is 0.253. The van der Waals surface area contributed by atoms with E-state index in [4.69, 9.17) is 16.6 Å². The van der Waals surface area contributed by atoms with Crippen LogP contribution in [0.4, 0.5) is 0 Å². The summed E-state index contributed by atoms with van der Waals surface area (Å²) in [6.07, 6.45) is 1.56. The Morgan fingerprint density at radius 3 is 2.22 bits per heavy atom. The third-order valence-electron chi connectivity index (χ3n) is 2.95. The Balaban J connectivity index is 4.65. The van der Waals surface area contributed by atoms with Gasteiger partial charge in [0.15, 0.2) is 0 Å². The van der Waals surface area contributed by atoms with Crippen LogP contribution in [-0.2, 0) is 19.2 Å². The molecular formula is C13H25N5O5. The van der Waals surface area contributed by atoms with Gasteiger partial charge >= 0.3 is 5.97 Å². The van der Waals surface area contributed by atoms with E-state index in [9.17, 15) is 19.2 Å². The minimum atomic E-state index is -1.19. The molecule has 0 saturated carbocycles. The Bertz CT molecular complexity index is 429. The molecule has 0 spiro atoms. The minimum Gasteiger partial charge on any atom is -0.480 e. The molecule has 0 saturated heterocycles. The number of carboxylic acid groups (broad SMARTS) is 1. The van der Waals surface area contributed by atoms with E-state index in [2.05, 4.69) is 16.0 Å². The number of carbonyl (C=O) groups excluding carboxylic acids is 3. The van der Waals surface area contributed by atoms with Gasteiger partial charge in [-0.25, -0.2) is 0 Å². The Hall–Kier alpha value is -2.20. The number of amides is 3. The lowest BCUT2D eigenvalue weighted by atomic mass is 10.1. The summed E-state index contributed by atoms with van der Waals surface area (Å²) in [5.74, 6) is -2.85. The van der Waals surface area contributed by atoms with Crippen molar-refractivity contribution in [3.63, 3.8) is 0 Å². The highest BCUT2D eigenvalue weighted by Crippen LogP contribution is 2.01. The van der Waals surface area contributed by atoms with Gasteiger partial charge in [-0.15, -0.1) is 0 Å². The van der Waals surface area contributed by atoms with Gasteiger partial charge < -0.3 is 32.5 Å². The second-order valence-corrected chi connectivity index (χ2v) is 4.95. The molecule has 0 rings (SSSR count). The van der Waals surface area contributed by atoms with Crippen molar-refractivity contribution in [1.82, 2.24) is 16.0 Å². The lowest BCUT2D eigenvalue weighted by molar-refractivity contribution is -0.138. The Morgan fingerprint density at radius 2 is 1.70 bits per heavy atom. The van der Waals surface area contributed by atoms with Crippen molar-refractivity contribution >= 4 is 23.7 Å². The molecule has 10 nitrogen and oxygen atoms in total. The Kier molecular flexibility index (Phi) is 10.3. The van der Waals surface area contributed by atoms with Crippen LogP contribution >= 0.6 is 0 Å². The van der Waals surface area contributed by atoms with E-state index in [1.165, 1.54) is 6.92 Å². The maximum atomic E-state index is 12.0. The molecular weight excluding hydrogens is 306 g/mol. The average Bonchev–Trinajstić information content (AvgIpc) is 2.51. The molecule has 0 aromatic heterocycles. The summed E-state index contributed by atoms with van der Waals surface area (Å²) in [6, 6.07) is -1.76. The zero-order chi connectivity index (χ0) is 17.8.